The maximum Gasteiger partial charge on any atom is 0.274 e. The molecule has 1 amide bonds. The molecule has 1 aromatic heterocycles. The van der Waals surface area contributed by atoms with Crippen LogP contribution in [-0.2, 0) is 13.1 Å². The second-order valence-electron chi connectivity index (χ2n) is 7.30. The van der Waals surface area contributed by atoms with Crippen molar-refractivity contribution in [3.05, 3.63) is 53.6 Å². The van der Waals surface area contributed by atoms with Gasteiger partial charge in [0.05, 0.1) is 12.7 Å². The van der Waals surface area contributed by atoms with E-state index in [1.807, 2.05) is 0 Å². The highest BCUT2D eigenvalue weighted by Crippen LogP contribution is 2.26. The minimum absolute atomic E-state index is 0.0996. The number of ether oxygens (including phenoxy) is 1. The van der Waals surface area contributed by atoms with Crippen LogP contribution in [0.15, 0.2) is 36.8 Å². The number of amides is 1. The maximum absolute atomic E-state index is 12.8. The van der Waals surface area contributed by atoms with Crippen LogP contribution < -0.4 is 4.74 Å². The van der Waals surface area contributed by atoms with E-state index in [0.29, 0.717) is 25.4 Å². The van der Waals surface area contributed by atoms with Gasteiger partial charge in [0.25, 0.3) is 5.91 Å². The van der Waals surface area contributed by atoms with Gasteiger partial charge in [-0.15, -0.1) is 0 Å². The van der Waals surface area contributed by atoms with Gasteiger partial charge in [0.1, 0.15) is 18.1 Å². The number of carbonyl (C=O) groups excluding carboxylic acids is 1. The van der Waals surface area contributed by atoms with Gasteiger partial charge in [-0.1, -0.05) is 18.9 Å². The Labute approximate surface area is 160 Å². The van der Waals surface area contributed by atoms with E-state index in [1.54, 1.807) is 17.3 Å². The zero-order valence-electron chi connectivity index (χ0n) is 15.6. The van der Waals surface area contributed by atoms with Crippen molar-refractivity contribution in [3.63, 3.8) is 0 Å². The van der Waals surface area contributed by atoms with Crippen LogP contribution in [0, 0.1) is 0 Å². The molecule has 0 atom stereocenters. The first-order valence-electron chi connectivity index (χ1n) is 9.82. The molecular formula is C21H26N4O2. The highest BCUT2D eigenvalue weighted by atomic mass is 16.5. The number of nitrogens with zero attached hydrogens (tertiary/aromatic N) is 4. The van der Waals surface area contributed by atoms with E-state index >= 15 is 0 Å². The molecule has 1 saturated heterocycles. The van der Waals surface area contributed by atoms with E-state index in [4.69, 9.17) is 4.74 Å². The lowest BCUT2D eigenvalue weighted by molar-refractivity contribution is 0.0727. The zero-order chi connectivity index (χ0) is 18.5. The Morgan fingerprint density at radius 2 is 1.93 bits per heavy atom. The fraction of sp³-hybridized carbons (Fsp3) is 0.476. The lowest BCUT2D eigenvalue weighted by Gasteiger charge is -2.21. The van der Waals surface area contributed by atoms with Gasteiger partial charge in [-0.05, 0) is 43.6 Å². The summed E-state index contributed by atoms with van der Waals surface area (Å²) < 4.78 is 5.89. The third-order valence-electron chi connectivity index (χ3n) is 5.28. The number of rotatable bonds is 3. The zero-order valence-corrected chi connectivity index (χ0v) is 15.6. The van der Waals surface area contributed by atoms with Crippen molar-refractivity contribution < 1.29 is 9.53 Å². The quantitative estimate of drug-likeness (QED) is 0.836. The van der Waals surface area contributed by atoms with Crippen LogP contribution in [0.3, 0.4) is 0 Å². The van der Waals surface area contributed by atoms with Crippen molar-refractivity contribution in [2.75, 3.05) is 26.2 Å². The number of carbonyl (C=O) groups is 1. The molecule has 0 aliphatic carbocycles. The summed E-state index contributed by atoms with van der Waals surface area (Å²) in [6.45, 7) is 4.88. The molecule has 6 nitrogen and oxygen atoms in total. The molecule has 0 bridgehead atoms. The standard InChI is InChI=1S/C21H26N4O2/c26-21(19-14-22-7-8-23-19)25-11-12-27-20-6-5-17(13-18(20)16-25)15-24-9-3-1-2-4-10-24/h5-8,13-14H,1-4,9-12,15-16H2. The van der Waals surface area contributed by atoms with E-state index < -0.39 is 0 Å². The molecule has 0 spiro atoms. The van der Waals surface area contributed by atoms with Crippen molar-refractivity contribution >= 4 is 5.91 Å². The van der Waals surface area contributed by atoms with E-state index in [9.17, 15) is 4.79 Å². The summed E-state index contributed by atoms with van der Waals surface area (Å²) in [4.78, 5) is 25.2. The second-order valence-corrected chi connectivity index (χ2v) is 7.30. The Hall–Kier alpha value is -2.47. The summed E-state index contributed by atoms with van der Waals surface area (Å²) in [7, 11) is 0. The summed E-state index contributed by atoms with van der Waals surface area (Å²) in [5.74, 6) is 0.779. The van der Waals surface area contributed by atoms with Crippen LogP contribution in [0.25, 0.3) is 0 Å². The molecule has 0 unspecified atom stereocenters. The number of hydrogen-bond acceptors (Lipinski definition) is 5. The fourth-order valence-corrected chi connectivity index (χ4v) is 3.84. The predicted octanol–water partition coefficient (Wildman–Crippen LogP) is 2.89. The highest BCUT2D eigenvalue weighted by molar-refractivity contribution is 5.92. The van der Waals surface area contributed by atoms with E-state index in [2.05, 4.69) is 33.1 Å². The number of likely N-dealkylation sites (tertiary alicyclic amines) is 1. The molecule has 1 fully saturated rings. The summed E-state index contributed by atoms with van der Waals surface area (Å²) in [6.07, 6.45) is 9.90. The van der Waals surface area contributed by atoms with Gasteiger partial charge >= 0.3 is 0 Å². The minimum Gasteiger partial charge on any atom is -0.491 e. The largest absolute Gasteiger partial charge is 0.491 e. The summed E-state index contributed by atoms with van der Waals surface area (Å²) >= 11 is 0. The molecule has 0 radical (unpaired) electrons. The predicted molar refractivity (Wildman–Crippen MR) is 102 cm³/mol. The molecule has 27 heavy (non-hydrogen) atoms. The van der Waals surface area contributed by atoms with Crippen molar-refractivity contribution in [1.29, 1.82) is 0 Å². The number of hydrogen-bond donors (Lipinski definition) is 0. The molecule has 6 heteroatoms. The first kappa shape index (κ1) is 17.9. The molecule has 4 rings (SSSR count). The van der Waals surface area contributed by atoms with Crippen LogP contribution in [-0.4, -0.2) is 51.9 Å². The van der Waals surface area contributed by atoms with Gasteiger partial charge in [-0.2, -0.15) is 0 Å². The van der Waals surface area contributed by atoms with Crippen molar-refractivity contribution in [1.82, 2.24) is 19.8 Å². The molecule has 142 valence electrons. The molecule has 1 aromatic carbocycles. The third kappa shape index (κ3) is 4.45. The van der Waals surface area contributed by atoms with E-state index in [1.165, 1.54) is 50.5 Å². The molecule has 0 N–H and O–H groups in total. The Morgan fingerprint density at radius 1 is 1.07 bits per heavy atom. The Kier molecular flexibility index (Phi) is 5.63. The van der Waals surface area contributed by atoms with Crippen molar-refractivity contribution in [2.45, 2.75) is 38.8 Å². The van der Waals surface area contributed by atoms with Gasteiger partial charge in [-0.3, -0.25) is 14.7 Å². The molecule has 0 saturated carbocycles. The van der Waals surface area contributed by atoms with Crippen LogP contribution in [0.1, 0.15) is 47.3 Å². The molecule has 2 aliphatic heterocycles. The summed E-state index contributed by atoms with van der Waals surface area (Å²) in [6, 6.07) is 6.41. The lowest BCUT2D eigenvalue weighted by atomic mass is 10.1. The van der Waals surface area contributed by atoms with Gasteiger partial charge < -0.3 is 9.64 Å². The van der Waals surface area contributed by atoms with Crippen LogP contribution in [0.5, 0.6) is 5.75 Å². The first-order chi connectivity index (χ1) is 13.3. The van der Waals surface area contributed by atoms with Crippen molar-refractivity contribution in [2.24, 2.45) is 0 Å². The minimum atomic E-state index is -0.0996. The van der Waals surface area contributed by atoms with E-state index in [0.717, 1.165) is 17.9 Å². The maximum atomic E-state index is 12.8. The molecule has 2 aliphatic rings. The van der Waals surface area contributed by atoms with Crippen LogP contribution >= 0.6 is 0 Å². The van der Waals surface area contributed by atoms with Crippen molar-refractivity contribution in [3.8, 4) is 5.75 Å². The summed E-state index contributed by atoms with van der Waals surface area (Å²) in [5, 5.41) is 0. The number of fused-ring (bicyclic) bond motifs is 1. The molecule has 2 aromatic rings. The third-order valence-corrected chi connectivity index (χ3v) is 5.28. The Balaban J connectivity index is 1.50. The number of benzene rings is 1. The normalized spacial score (nSPS) is 18.1. The van der Waals surface area contributed by atoms with Crippen LogP contribution in [0.4, 0.5) is 0 Å². The SMILES string of the molecule is O=C(c1cnccn1)N1CCOc2ccc(CN3CCCCCC3)cc2C1. The van der Waals surface area contributed by atoms with Crippen LogP contribution in [0.2, 0.25) is 0 Å². The topological polar surface area (TPSA) is 58.6 Å². The first-order valence-corrected chi connectivity index (χ1v) is 9.82. The molecular weight excluding hydrogens is 340 g/mol. The highest BCUT2D eigenvalue weighted by Gasteiger charge is 2.22. The average molecular weight is 366 g/mol. The van der Waals surface area contributed by atoms with Gasteiger partial charge in [0.15, 0.2) is 0 Å². The molecule has 3 heterocycles. The van der Waals surface area contributed by atoms with E-state index in [-0.39, 0.29) is 5.91 Å². The lowest BCUT2D eigenvalue weighted by Crippen LogP contribution is -2.33. The average Bonchev–Trinajstić information content (AvgIpc) is 3.08. The summed E-state index contributed by atoms with van der Waals surface area (Å²) in [5.41, 5.74) is 2.73. The van der Waals surface area contributed by atoms with Gasteiger partial charge in [-0.25, -0.2) is 4.98 Å². The Bertz CT molecular complexity index is 773. The number of aromatic nitrogens is 2. The second kappa shape index (κ2) is 8.48. The van der Waals surface area contributed by atoms with Gasteiger partial charge in [0, 0.05) is 31.0 Å². The monoisotopic (exact) mass is 366 g/mol. The Morgan fingerprint density at radius 3 is 2.70 bits per heavy atom. The smallest absolute Gasteiger partial charge is 0.274 e. The van der Waals surface area contributed by atoms with Gasteiger partial charge in [0.2, 0.25) is 0 Å². The fourth-order valence-electron chi connectivity index (χ4n) is 3.84.